The van der Waals surface area contributed by atoms with Gasteiger partial charge in [-0.15, -0.1) is 11.5 Å². The van der Waals surface area contributed by atoms with Crippen molar-refractivity contribution in [3.63, 3.8) is 0 Å². The molecule has 0 saturated carbocycles. The Kier molecular flexibility index (Phi) is 2.35. The second kappa shape index (κ2) is 3.27. The lowest BCUT2D eigenvalue weighted by Crippen LogP contribution is -2.35. The first-order valence-corrected chi connectivity index (χ1v) is 4.69. The van der Waals surface area contributed by atoms with Gasteiger partial charge in [0.25, 0.3) is 0 Å². The van der Waals surface area contributed by atoms with Crippen molar-refractivity contribution in [3.05, 3.63) is 11.5 Å². The second-order valence-corrected chi connectivity index (χ2v) is 3.67. The molecule has 0 bridgehead atoms. The van der Waals surface area contributed by atoms with E-state index < -0.39 is 18.2 Å². The monoisotopic (exact) mass is 207 g/mol. The molecular weight excluding hydrogens is 196 g/mol. The van der Waals surface area contributed by atoms with Gasteiger partial charge in [0.05, 0.1) is 13.2 Å². The number of hydrogen-bond acceptors (Lipinski definition) is 2. The predicted molar refractivity (Wildman–Crippen MR) is 45.6 cm³/mol. The van der Waals surface area contributed by atoms with Crippen LogP contribution in [0.15, 0.2) is 11.5 Å². The zero-order valence-corrected chi connectivity index (χ0v) is 7.64. The molecule has 0 aromatic rings. The van der Waals surface area contributed by atoms with Crippen LogP contribution in [0.3, 0.4) is 0 Å². The molecule has 0 N–H and O–H groups in total. The van der Waals surface area contributed by atoms with E-state index in [4.69, 9.17) is 9.47 Å². The first kappa shape index (κ1) is 10.0. The lowest BCUT2D eigenvalue weighted by atomic mass is 9.72. The molecule has 0 unspecified atom stereocenters. The third-order valence-corrected chi connectivity index (χ3v) is 2.70. The number of ether oxygens (including phenoxy) is 2. The molecular formula is C8H11BF3O2-. The molecule has 1 spiro atoms. The predicted octanol–water partition coefficient (Wildman–Crippen LogP) is 2.23. The van der Waals surface area contributed by atoms with Crippen LogP contribution in [-0.4, -0.2) is 26.0 Å². The Morgan fingerprint density at radius 3 is 2.29 bits per heavy atom. The third kappa shape index (κ3) is 1.81. The molecule has 0 amide bonds. The van der Waals surface area contributed by atoms with Gasteiger partial charge in [-0.1, -0.05) is 6.42 Å². The highest BCUT2D eigenvalue weighted by Crippen LogP contribution is 2.38. The highest BCUT2D eigenvalue weighted by molar-refractivity contribution is 6.66. The van der Waals surface area contributed by atoms with Gasteiger partial charge in [-0.05, 0) is 0 Å². The summed E-state index contributed by atoms with van der Waals surface area (Å²) < 4.78 is 47.6. The van der Waals surface area contributed by atoms with E-state index in [1.54, 1.807) is 0 Å². The molecule has 2 nitrogen and oxygen atoms in total. The standard InChI is InChI=1S/C8H11BF3O2/c10-9(11,12)7-1-3-8(4-2-7)13-5-6-14-8/h1H,2-6H2/q-1. The molecule has 0 aromatic carbocycles. The third-order valence-electron chi connectivity index (χ3n) is 2.70. The minimum atomic E-state index is -4.82. The Morgan fingerprint density at radius 2 is 1.86 bits per heavy atom. The summed E-state index contributed by atoms with van der Waals surface area (Å²) in [6.45, 7) is -3.84. The fourth-order valence-electron chi connectivity index (χ4n) is 1.88. The summed E-state index contributed by atoms with van der Waals surface area (Å²) in [4.78, 5) is 0. The molecule has 1 fully saturated rings. The minimum Gasteiger partial charge on any atom is -0.445 e. The zero-order chi connectivity index (χ0) is 10.2. The Morgan fingerprint density at radius 1 is 1.21 bits per heavy atom. The first-order valence-electron chi connectivity index (χ1n) is 4.69. The molecule has 0 atom stereocenters. The molecule has 2 aliphatic rings. The number of allylic oxidation sites excluding steroid dienone is 1. The summed E-state index contributed by atoms with van der Waals surface area (Å²) in [7, 11) is 0. The SMILES string of the molecule is F[B-](F)(F)C1=CCC2(CC1)OCCO2. The Hall–Kier alpha value is -0.485. The van der Waals surface area contributed by atoms with E-state index in [0.717, 1.165) is 0 Å². The summed E-state index contributed by atoms with van der Waals surface area (Å²) in [6.07, 6.45) is 1.78. The second-order valence-electron chi connectivity index (χ2n) is 3.67. The maximum Gasteiger partial charge on any atom is 0.505 e. The van der Waals surface area contributed by atoms with E-state index in [2.05, 4.69) is 0 Å². The van der Waals surface area contributed by atoms with Crippen LogP contribution in [0.5, 0.6) is 0 Å². The highest BCUT2D eigenvalue weighted by Gasteiger charge is 2.40. The summed E-state index contributed by atoms with van der Waals surface area (Å²) in [5, 5.41) is 0. The van der Waals surface area contributed by atoms with Gasteiger partial charge < -0.3 is 22.4 Å². The molecule has 2 rings (SSSR count). The average Bonchev–Trinajstić information content (AvgIpc) is 2.53. The van der Waals surface area contributed by atoms with Crippen LogP contribution in [-0.2, 0) is 9.47 Å². The van der Waals surface area contributed by atoms with Crippen molar-refractivity contribution in [1.82, 2.24) is 0 Å². The Balaban J connectivity index is 2.06. The molecule has 0 radical (unpaired) electrons. The summed E-state index contributed by atoms with van der Waals surface area (Å²) in [5.41, 5.74) is -0.394. The largest absolute Gasteiger partial charge is 0.505 e. The lowest BCUT2D eigenvalue weighted by Gasteiger charge is -2.33. The summed E-state index contributed by atoms with van der Waals surface area (Å²) in [6, 6.07) is 0. The fourth-order valence-corrected chi connectivity index (χ4v) is 1.88. The van der Waals surface area contributed by atoms with Crippen molar-refractivity contribution < 1.29 is 22.4 Å². The van der Waals surface area contributed by atoms with Crippen molar-refractivity contribution in [2.75, 3.05) is 13.2 Å². The first-order chi connectivity index (χ1) is 6.52. The van der Waals surface area contributed by atoms with Gasteiger partial charge in [-0.3, -0.25) is 0 Å². The van der Waals surface area contributed by atoms with Gasteiger partial charge in [-0.25, -0.2) is 0 Å². The Bertz CT molecular complexity index is 256. The summed E-state index contributed by atoms with van der Waals surface area (Å²) >= 11 is 0. The minimum absolute atomic E-state index is 0.0174. The molecule has 1 aliphatic heterocycles. The summed E-state index contributed by atoms with van der Waals surface area (Å²) in [5.74, 6) is -0.745. The van der Waals surface area contributed by atoms with Crippen molar-refractivity contribution in [1.29, 1.82) is 0 Å². The van der Waals surface area contributed by atoms with Crippen LogP contribution in [0, 0.1) is 0 Å². The molecule has 1 heterocycles. The van der Waals surface area contributed by atoms with Crippen LogP contribution in [0.4, 0.5) is 12.9 Å². The van der Waals surface area contributed by atoms with Crippen LogP contribution in [0.1, 0.15) is 19.3 Å². The maximum atomic E-state index is 12.3. The molecule has 6 heteroatoms. The van der Waals surface area contributed by atoms with Gasteiger partial charge in [0.1, 0.15) is 0 Å². The van der Waals surface area contributed by atoms with Gasteiger partial charge in [-0.2, -0.15) is 0 Å². The van der Waals surface area contributed by atoms with E-state index >= 15 is 0 Å². The van der Waals surface area contributed by atoms with E-state index in [-0.39, 0.29) is 12.8 Å². The zero-order valence-electron chi connectivity index (χ0n) is 7.64. The van der Waals surface area contributed by atoms with E-state index in [1.807, 2.05) is 0 Å². The van der Waals surface area contributed by atoms with E-state index in [0.29, 0.717) is 19.6 Å². The van der Waals surface area contributed by atoms with Crippen LogP contribution < -0.4 is 0 Å². The lowest BCUT2D eigenvalue weighted by molar-refractivity contribution is -0.161. The maximum absolute atomic E-state index is 12.3. The quantitative estimate of drug-likeness (QED) is 0.613. The van der Waals surface area contributed by atoms with Crippen LogP contribution >= 0.6 is 0 Å². The average molecular weight is 207 g/mol. The normalized spacial score (nSPS) is 26.6. The molecule has 80 valence electrons. The molecule has 0 aromatic heterocycles. The number of halogens is 3. The Labute approximate surface area is 80.1 Å². The number of rotatable bonds is 1. The van der Waals surface area contributed by atoms with Crippen molar-refractivity contribution in [2.24, 2.45) is 0 Å². The van der Waals surface area contributed by atoms with Gasteiger partial charge >= 0.3 is 6.98 Å². The fraction of sp³-hybridized carbons (Fsp3) is 0.750. The van der Waals surface area contributed by atoms with Crippen LogP contribution in [0.2, 0.25) is 0 Å². The molecule has 1 saturated heterocycles. The van der Waals surface area contributed by atoms with Gasteiger partial charge in [0.15, 0.2) is 5.79 Å². The van der Waals surface area contributed by atoms with Gasteiger partial charge in [0, 0.05) is 12.8 Å². The van der Waals surface area contributed by atoms with E-state index in [1.165, 1.54) is 6.08 Å². The van der Waals surface area contributed by atoms with Crippen molar-refractivity contribution >= 4 is 6.98 Å². The van der Waals surface area contributed by atoms with Gasteiger partial charge in [0.2, 0.25) is 0 Å². The van der Waals surface area contributed by atoms with Crippen LogP contribution in [0.25, 0.3) is 0 Å². The number of hydrogen-bond donors (Lipinski definition) is 0. The smallest absolute Gasteiger partial charge is 0.445 e. The van der Waals surface area contributed by atoms with E-state index in [9.17, 15) is 12.9 Å². The van der Waals surface area contributed by atoms with Crippen molar-refractivity contribution in [3.8, 4) is 0 Å². The topological polar surface area (TPSA) is 18.5 Å². The molecule has 14 heavy (non-hydrogen) atoms. The highest BCUT2D eigenvalue weighted by atomic mass is 19.4. The van der Waals surface area contributed by atoms with Crippen molar-refractivity contribution in [2.45, 2.75) is 25.0 Å². The molecule has 1 aliphatic carbocycles.